The van der Waals surface area contributed by atoms with E-state index in [-0.39, 0.29) is 36.0 Å². The highest BCUT2D eigenvalue weighted by Crippen LogP contribution is 2.41. The van der Waals surface area contributed by atoms with Crippen LogP contribution < -0.4 is 0 Å². The Labute approximate surface area is 241 Å². The molecule has 1 heterocycles. The summed E-state index contributed by atoms with van der Waals surface area (Å²) in [5.41, 5.74) is 1.64. The van der Waals surface area contributed by atoms with E-state index in [0.717, 1.165) is 62.5 Å². The summed E-state index contributed by atoms with van der Waals surface area (Å²) in [5.74, 6) is 0.0714. The van der Waals surface area contributed by atoms with Crippen LogP contribution in [0.4, 0.5) is 0 Å². The van der Waals surface area contributed by atoms with Crippen LogP contribution in [-0.4, -0.2) is 45.8 Å². The van der Waals surface area contributed by atoms with Gasteiger partial charge in [-0.2, -0.15) is 0 Å². The summed E-state index contributed by atoms with van der Waals surface area (Å²) >= 11 is 0. The Kier molecular flexibility index (Phi) is 9.43. The van der Waals surface area contributed by atoms with Crippen molar-refractivity contribution in [2.75, 3.05) is 0 Å². The molecule has 0 N–H and O–H groups in total. The summed E-state index contributed by atoms with van der Waals surface area (Å²) in [4.78, 5) is 45.3. The Hall–Kier alpha value is -1.92. The van der Waals surface area contributed by atoms with Gasteiger partial charge in [0.05, 0.1) is 0 Å². The van der Waals surface area contributed by atoms with E-state index in [1.165, 1.54) is 77.0 Å². The zero-order chi connectivity index (χ0) is 27.3. The van der Waals surface area contributed by atoms with Crippen molar-refractivity contribution in [1.82, 2.24) is 9.80 Å². The minimum atomic E-state index is -0.804. The third-order valence-electron chi connectivity index (χ3n) is 10.6. The maximum atomic E-state index is 14.4. The molecule has 5 aliphatic rings. The lowest BCUT2D eigenvalue weighted by Gasteiger charge is -2.45. The van der Waals surface area contributed by atoms with E-state index >= 15 is 0 Å². The van der Waals surface area contributed by atoms with Gasteiger partial charge in [-0.3, -0.25) is 9.59 Å². The van der Waals surface area contributed by atoms with Crippen molar-refractivity contribution in [3.63, 3.8) is 0 Å². The van der Waals surface area contributed by atoms with Crippen molar-refractivity contribution >= 4 is 11.8 Å². The van der Waals surface area contributed by atoms with Crippen molar-refractivity contribution in [2.45, 2.75) is 165 Å². The Balaban J connectivity index is 1.27. The number of rotatable bonds is 6. The summed E-state index contributed by atoms with van der Waals surface area (Å²) in [6, 6.07) is 9.07. The number of benzene rings is 1. The summed E-state index contributed by atoms with van der Waals surface area (Å²) in [6.07, 6.45) is 21.6. The Morgan fingerprint density at radius 1 is 0.475 bits per heavy atom. The van der Waals surface area contributed by atoms with Crippen molar-refractivity contribution < 1.29 is 19.4 Å². The average Bonchev–Trinajstić information content (AvgIpc) is 3.03. The highest BCUT2D eigenvalue weighted by molar-refractivity contribution is 5.87. The lowest BCUT2D eigenvalue weighted by molar-refractivity contribution is -0.354. The second-order valence-electron chi connectivity index (χ2n) is 13.2. The van der Waals surface area contributed by atoms with Gasteiger partial charge in [0.1, 0.15) is 0 Å². The molecule has 2 atom stereocenters. The van der Waals surface area contributed by atoms with Crippen LogP contribution in [0.1, 0.15) is 152 Å². The number of nitrogens with zero attached hydrogens (tertiary/aromatic N) is 2. The fraction of sp³-hybridized carbons (Fsp3) is 0.765. The SMILES string of the molecule is O=C(C1OOC(C(=O)N(C2CCCCC2)C2CCCCC2)c2ccccc21)N(C1CCCCC1)C1CCCCC1. The Morgan fingerprint density at radius 2 is 0.750 bits per heavy atom. The van der Waals surface area contributed by atoms with Crippen LogP contribution >= 0.6 is 0 Å². The first kappa shape index (κ1) is 28.2. The summed E-state index contributed by atoms with van der Waals surface area (Å²) in [6.45, 7) is 0. The minimum absolute atomic E-state index is 0.0357. The molecule has 0 saturated heterocycles. The van der Waals surface area contributed by atoms with Gasteiger partial charge in [0.25, 0.3) is 11.8 Å². The van der Waals surface area contributed by atoms with Crippen LogP contribution in [0.2, 0.25) is 0 Å². The van der Waals surface area contributed by atoms with Crippen LogP contribution in [0, 0.1) is 0 Å². The molecule has 1 aliphatic heterocycles. The second kappa shape index (κ2) is 13.4. The highest BCUT2D eigenvalue weighted by Gasteiger charge is 2.45. The standard InChI is InChI=1S/C34H50N2O4/c37-33(35(25-15-5-1-6-16-25)26-17-7-2-8-18-26)31-29-23-13-14-24-30(29)32(40-39-31)34(38)36(27-19-9-3-10-20-27)28-21-11-4-12-22-28/h13-14,23-28,31-32H,1-12,15-22H2. The van der Waals surface area contributed by atoms with Gasteiger partial charge >= 0.3 is 0 Å². The van der Waals surface area contributed by atoms with Gasteiger partial charge in [-0.25, -0.2) is 9.78 Å². The minimum Gasteiger partial charge on any atom is -0.334 e. The maximum Gasteiger partial charge on any atom is 0.260 e. The maximum absolute atomic E-state index is 14.4. The number of fused-ring (bicyclic) bond motifs is 1. The molecule has 2 amide bonds. The van der Waals surface area contributed by atoms with Crippen LogP contribution in [0.5, 0.6) is 0 Å². The molecule has 2 unspecified atom stereocenters. The van der Waals surface area contributed by atoms with Crippen LogP contribution in [0.25, 0.3) is 0 Å². The molecule has 4 aliphatic carbocycles. The molecule has 1 aromatic carbocycles. The van der Waals surface area contributed by atoms with E-state index in [9.17, 15) is 9.59 Å². The number of amides is 2. The first-order valence-corrected chi connectivity index (χ1v) is 16.8. The summed E-state index contributed by atoms with van der Waals surface area (Å²) in [7, 11) is 0. The van der Waals surface area contributed by atoms with Crippen molar-refractivity contribution in [3.8, 4) is 0 Å². The van der Waals surface area contributed by atoms with E-state index in [0.29, 0.717) is 0 Å². The zero-order valence-electron chi connectivity index (χ0n) is 24.4. The van der Waals surface area contributed by atoms with Crippen molar-refractivity contribution in [3.05, 3.63) is 35.4 Å². The van der Waals surface area contributed by atoms with Gasteiger partial charge in [0.2, 0.25) is 0 Å². The molecule has 4 saturated carbocycles. The largest absolute Gasteiger partial charge is 0.334 e. The number of hydrogen-bond donors (Lipinski definition) is 0. The van der Waals surface area contributed by atoms with Crippen LogP contribution in [-0.2, 0) is 19.4 Å². The topological polar surface area (TPSA) is 59.1 Å². The molecule has 6 rings (SSSR count). The van der Waals surface area contributed by atoms with E-state index < -0.39 is 12.2 Å². The van der Waals surface area contributed by atoms with Gasteiger partial charge in [-0.05, 0) is 62.5 Å². The molecule has 4 fully saturated rings. The van der Waals surface area contributed by atoms with Gasteiger partial charge in [0.15, 0.2) is 12.2 Å². The van der Waals surface area contributed by atoms with Gasteiger partial charge in [-0.1, -0.05) is 101 Å². The first-order valence-electron chi connectivity index (χ1n) is 16.8. The molecule has 220 valence electrons. The number of carbonyl (C=O) groups excluding carboxylic acids is 2. The van der Waals surface area contributed by atoms with E-state index in [1.54, 1.807) is 0 Å². The molecule has 1 aromatic rings. The lowest BCUT2D eigenvalue weighted by atomic mass is 9.86. The lowest BCUT2D eigenvalue weighted by Crippen LogP contribution is -2.53. The fourth-order valence-electron chi connectivity index (χ4n) is 8.58. The number of carbonyl (C=O) groups is 2. The normalized spacial score (nSPS) is 27.6. The summed E-state index contributed by atoms with van der Waals surface area (Å²) in [5, 5.41) is 0. The van der Waals surface area contributed by atoms with E-state index in [2.05, 4.69) is 9.80 Å². The van der Waals surface area contributed by atoms with Crippen LogP contribution in [0.15, 0.2) is 24.3 Å². The fourth-order valence-corrected chi connectivity index (χ4v) is 8.58. The Bertz CT molecular complexity index is 874. The molecule has 6 heteroatoms. The molecular weight excluding hydrogens is 500 g/mol. The molecule has 0 spiro atoms. The van der Waals surface area contributed by atoms with E-state index in [4.69, 9.17) is 9.78 Å². The van der Waals surface area contributed by atoms with Crippen molar-refractivity contribution in [2.24, 2.45) is 0 Å². The molecule has 40 heavy (non-hydrogen) atoms. The number of hydrogen-bond acceptors (Lipinski definition) is 4. The molecule has 0 radical (unpaired) electrons. The van der Waals surface area contributed by atoms with Gasteiger partial charge in [0, 0.05) is 24.2 Å². The van der Waals surface area contributed by atoms with E-state index in [1.807, 2.05) is 24.3 Å². The molecule has 0 aromatic heterocycles. The predicted molar refractivity (Wildman–Crippen MR) is 155 cm³/mol. The third kappa shape index (κ3) is 5.99. The second-order valence-corrected chi connectivity index (χ2v) is 13.2. The molecule has 6 nitrogen and oxygen atoms in total. The Morgan fingerprint density at radius 3 is 1.02 bits per heavy atom. The third-order valence-corrected chi connectivity index (χ3v) is 10.6. The highest BCUT2D eigenvalue weighted by atomic mass is 17.2. The van der Waals surface area contributed by atoms with Gasteiger partial charge in [-0.15, -0.1) is 0 Å². The first-order chi connectivity index (χ1) is 19.7. The molecule has 0 bridgehead atoms. The predicted octanol–water partition coefficient (Wildman–Crippen LogP) is 7.72. The van der Waals surface area contributed by atoms with Gasteiger partial charge < -0.3 is 9.80 Å². The molecular formula is C34H50N2O4. The smallest absolute Gasteiger partial charge is 0.260 e. The zero-order valence-corrected chi connectivity index (χ0v) is 24.4. The average molecular weight is 551 g/mol. The monoisotopic (exact) mass is 550 g/mol. The van der Waals surface area contributed by atoms with Crippen LogP contribution in [0.3, 0.4) is 0 Å². The quantitative estimate of drug-likeness (QED) is 0.340. The summed E-state index contributed by atoms with van der Waals surface area (Å²) < 4.78 is 0. The van der Waals surface area contributed by atoms with Crippen molar-refractivity contribution in [1.29, 1.82) is 0 Å².